The van der Waals surface area contributed by atoms with Crippen LogP contribution in [0.5, 0.6) is 5.75 Å². The highest BCUT2D eigenvalue weighted by molar-refractivity contribution is 7.07. The third-order valence-corrected chi connectivity index (χ3v) is 5.58. The number of methoxy groups -OCH3 is 1. The van der Waals surface area contributed by atoms with Gasteiger partial charge in [-0.05, 0) is 45.6 Å². The number of rotatable bonds is 11. The molecule has 0 aliphatic heterocycles. The summed E-state index contributed by atoms with van der Waals surface area (Å²) in [6, 6.07) is 19.3. The second-order valence-electron chi connectivity index (χ2n) is 7.24. The van der Waals surface area contributed by atoms with Crippen molar-refractivity contribution in [3.8, 4) is 5.75 Å². The number of thiophene rings is 1. The van der Waals surface area contributed by atoms with Crippen molar-refractivity contribution < 1.29 is 14.3 Å². The maximum Gasteiger partial charge on any atom is 0.225 e. The molecule has 3 aromatic rings. The van der Waals surface area contributed by atoms with Crippen LogP contribution in [0.2, 0.25) is 0 Å². The Hall–Kier alpha value is -2.96. The summed E-state index contributed by atoms with van der Waals surface area (Å²) in [7, 11) is 1.60. The summed E-state index contributed by atoms with van der Waals surface area (Å²) < 4.78 is 5.16. The summed E-state index contributed by atoms with van der Waals surface area (Å²) in [6.07, 6.45) is 1.49. The van der Waals surface area contributed by atoms with Crippen molar-refractivity contribution in [1.29, 1.82) is 0 Å². The zero-order valence-electron chi connectivity index (χ0n) is 17.0. The third kappa shape index (κ3) is 6.27. The van der Waals surface area contributed by atoms with E-state index < -0.39 is 5.54 Å². The van der Waals surface area contributed by atoms with E-state index in [-0.39, 0.29) is 12.3 Å². The average molecular weight is 423 g/mol. The van der Waals surface area contributed by atoms with Gasteiger partial charge in [-0.2, -0.15) is 11.3 Å². The van der Waals surface area contributed by atoms with Gasteiger partial charge in [0.15, 0.2) is 0 Å². The van der Waals surface area contributed by atoms with E-state index in [1.807, 2.05) is 71.4 Å². The summed E-state index contributed by atoms with van der Waals surface area (Å²) in [5.74, 6) is 0.549. The lowest BCUT2D eigenvalue weighted by Crippen LogP contribution is -2.57. The van der Waals surface area contributed by atoms with Gasteiger partial charge in [0.1, 0.15) is 17.6 Å². The zero-order chi connectivity index (χ0) is 21.2. The third-order valence-electron chi connectivity index (χ3n) is 4.85. The highest BCUT2D eigenvalue weighted by Gasteiger charge is 2.32. The second-order valence-corrected chi connectivity index (χ2v) is 8.02. The first-order valence-corrected chi connectivity index (χ1v) is 10.7. The minimum atomic E-state index is -1.01. The molecule has 0 bridgehead atoms. The maximum atomic E-state index is 12.8. The summed E-state index contributed by atoms with van der Waals surface area (Å²) in [5, 5.41) is 10.3. The van der Waals surface area contributed by atoms with Crippen LogP contribution in [-0.2, 0) is 29.0 Å². The second kappa shape index (κ2) is 10.7. The first-order chi connectivity index (χ1) is 14.6. The molecule has 0 saturated carbocycles. The van der Waals surface area contributed by atoms with Gasteiger partial charge < -0.3 is 20.2 Å². The van der Waals surface area contributed by atoms with Crippen molar-refractivity contribution in [3.63, 3.8) is 0 Å². The molecule has 30 heavy (non-hydrogen) atoms. The van der Waals surface area contributed by atoms with Gasteiger partial charge in [0.05, 0.1) is 13.5 Å². The molecule has 6 heteroatoms. The number of ether oxygens (including phenoxy) is 1. The van der Waals surface area contributed by atoms with E-state index in [0.717, 1.165) is 28.7 Å². The quantitative estimate of drug-likeness (QED) is 0.465. The molecule has 5 nitrogen and oxygen atoms in total. The first kappa shape index (κ1) is 21.7. The number of aldehydes is 1. The van der Waals surface area contributed by atoms with Crippen LogP contribution in [0, 0.1) is 0 Å². The fraction of sp³-hybridized carbons (Fsp3) is 0.250. The van der Waals surface area contributed by atoms with Gasteiger partial charge in [-0.1, -0.05) is 42.5 Å². The van der Waals surface area contributed by atoms with Crippen LogP contribution in [0.15, 0.2) is 71.4 Å². The number of nitrogens with one attached hydrogen (secondary N) is 2. The topological polar surface area (TPSA) is 67.4 Å². The minimum absolute atomic E-state index is 0.191. The molecule has 0 aliphatic rings. The van der Waals surface area contributed by atoms with Crippen LogP contribution >= 0.6 is 11.3 Å². The predicted molar refractivity (Wildman–Crippen MR) is 120 cm³/mol. The Labute approximate surface area is 181 Å². The molecule has 2 aromatic carbocycles. The van der Waals surface area contributed by atoms with Crippen molar-refractivity contribution in [2.45, 2.75) is 24.9 Å². The zero-order valence-corrected chi connectivity index (χ0v) is 17.8. The van der Waals surface area contributed by atoms with Gasteiger partial charge in [-0.3, -0.25) is 4.79 Å². The molecule has 3 rings (SSSR count). The lowest BCUT2D eigenvalue weighted by Gasteiger charge is -2.30. The van der Waals surface area contributed by atoms with Crippen LogP contribution in [-0.4, -0.2) is 31.4 Å². The van der Waals surface area contributed by atoms with Crippen molar-refractivity contribution in [2.75, 3.05) is 13.7 Å². The fourth-order valence-electron chi connectivity index (χ4n) is 3.30. The standard InChI is InChI=1S/C24H26N2O3S/c1-29-22-9-7-19(8-10-22)13-23(28)26-24(18-27,14-21-11-12-30-16-21)17-25-15-20-5-3-2-4-6-20/h2-12,16,18,25H,13-15,17H2,1H3,(H,26,28). The molecule has 0 radical (unpaired) electrons. The Balaban J connectivity index is 1.68. The lowest BCUT2D eigenvalue weighted by atomic mass is 9.92. The van der Waals surface area contributed by atoms with E-state index in [1.54, 1.807) is 18.4 Å². The largest absolute Gasteiger partial charge is 0.497 e. The molecule has 0 aliphatic carbocycles. The Morgan fingerprint density at radius 2 is 1.80 bits per heavy atom. The number of carbonyl (C=O) groups excluding carboxylic acids is 2. The molecular formula is C24H26N2O3S. The SMILES string of the molecule is COc1ccc(CC(=O)NC(C=O)(CNCc2ccccc2)Cc2ccsc2)cc1. The Morgan fingerprint density at radius 1 is 1.03 bits per heavy atom. The molecule has 0 spiro atoms. The molecule has 1 unspecified atom stereocenters. The molecule has 156 valence electrons. The predicted octanol–water partition coefficient (Wildman–Crippen LogP) is 3.39. The van der Waals surface area contributed by atoms with Crippen LogP contribution < -0.4 is 15.4 Å². The molecule has 1 atom stereocenters. The highest BCUT2D eigenvalue weighted by atomic mass is 32.1. The number of hydrogen-bond acceptors (Lipinski definition) is 5. The normalized spacial score (nSPS) is 12.7. The monoisotopic (exact) mass is 422 g/mol. The van der Waals surface area contributed by atoms with Crippen molar-refractivity contribution >= 4 is 23.5 Å². The molecule has 1 heterocycles. The van der Waals surface area contributed by atoms with Gasteiger partial charge in [0.2, 0.25) is 5.91 Å². The van der Waals surface area contributed by atoms with Crippen molar-refractivity contribution in [1.82, 2.24) is 10.6 Å². The molecule has 2 N–H and O–H groups in total. The fourth-order valence-corrected chi connectivity index (χ4v) is 3.97. The van der Waals surface area contributed by atoms with Crippen molar-refractivity contribution in [2.24, 2.45) is 0 Å². The van der Waals surface area contributed by atoms with Crippen molar-refractivity contribution in [3.05, 3.63) is 88.1 Å². The summed E-state index contributed by atoms with van der Waals surface area (Å²) >= 11 is 1.58. The molecule has 0 fully saturated rings. The van der Waals surface area contributed by atoms with E-state index in [1.165, 1.54) is 0 Å². The molecule has 1 amide bonds. The minimum Gasteiger partial charge on any atom is -0.497 e. The first-order valence-electron chi connectivity index (χ1n) is 9.78. The summed E-state index contributed by atoms with van der Waals surface area (Å²) in [6.45, 7) is 0.962. The van der Waals surface area contributed by atoms with Crippen LogP contribution in [0.1, 0.15) is 16.7 Å². The summed E-state index contributed by atoms with van der Waals surface area (Å²) in [4.78, 5) is 25.0. The van der Waals surface area contributed by atoms with E-state index in [2.05, 4.69) is 10.6 Å². The van der Waals surface area contributed by atoms with Crippen LogP contribution in [0.3, 0.4) is 0 Å². The Bertz CT molecular complexity index is 927. The number of carbonyl (C=O) groups is 2. The Morgan fingerprint density at radius 3 is 2.43 bits per heavy atom. The average Bonchev–Trinajstić information content (AvgIpc) is 3.27. The Kier molecular flexibility index (Phi) is 7.76. The van der Waals surface area contributed by atoms with E-state index in [9.17, 15) is 9.59 Å². The number of benzene rings is 2. The molecular weight excluding hydrogens is 396 g/mol. The van der Waals surface area contributed by atoms with Crippen LogP contribution in [0.25, 0.3) is 0 Å². The molecule has 0 saturated heterocycles. The van der Waals surface area contributed by atoms with Gasteiger partial charge in [0.25, 0.3) is 0 Å². The van der Waals surface area contributed by atoms with Gasteiger partial charge in [0, 0.05) is 19.5 Å². The maximum absolute atomic E-state index is 12.8. The van der Waals surface area contributed by atoms with Gasteiger partial charge in [-0.15, -0.1) is 0 Å². The van der Waals surface area contributed by atoms with E-state index in [0.29, 0.717) is 19.5 Å². The van der Waals surface area contributed by atoms with E-state index in [4.69, 9.17) is 4.74 Å². The smallest absolute Gasteiger partial charge is 0.225 e. The molecule has 1 aromatic heterocycles. The van der Waals surface area contributed by atoms with Gasteiger partial charge in [-0.25, -0.2) is 0 Å². The van der Waals surface area contributed by atoms with E-state index >= 15 is 0 Å². The number of hydrogen-bond donors (Lipinski definition) is 2. The van der Waals surface area contributed by atoms with Gasteiger partial charge >= 0.3 is 0 Å². The summed E-state index contributed by atoms with van der Waals surface area (Å²) in [5.41, 5.74) is 2.00. The van der Waals surface area contributed by atoms with Crippen LogP contribution in [0.4, 0.5) is 0 Å². The lowest BCUT2D eigenvalue weighted by molar-refractivity contribution is -0.126. The highest BCUT2D eigenvalue weighted by Crippen LogP contribution is 2.16. The number of amides is 1.